The molecule has 1 aromatic rings. The predicted octanol–water partition coefficient (Wildman–Crippen LogP) is 6.58. The van der Waals surface area contributed by atoms with Gasteiger partial charge in [0.2, 0.25) is 17.3 Å². The van der Waals surface area contributed by atoms with Crippen LogP contribution < -0.4 is 4.90 Å². The Labute approximate surface area is 238 Å². The van der Waals surface area contributed by atoms with Crippen LogP contribution in [-0.2, 0) is 9.59 Å². The molecule has 0 heterocycles. The molecule has 0 saturated carbocycles. The first-order valence-electron chi connectivity index (χ1n) is 14.8. The van der Waals surface area contributed by atoms with Gasteiger partial charge in [0, 0.05) is 54.9 Å². The number of phenolic OH excluding ortho intramolecular Hbond substituents is 1. The van der Waals surface area contributed by atoms with Gasteiger partial charge < -0.3 is 20.2 Å². The van der Waals surface area contributed by atoms with E-state index in [0.29, 0.717) is 0 Å². The van der Waals surface area contributed by atoms with Crippen molar-refractivity contribution in [3.05, 3.63) is 64.7 Å². The molecule has 2 aliphatic rings. The third-order valence-electron chi connectivity index (χ3n) is 7.49. The number of carbonyl (C=O) groups is 2. The number of aliphatic hydroxyl groups excluding tert-OH is 2. The smallest absolute Gasteiger partial charge is 0.238 e. The summed E-state index contributed by atoms with van der Waals surface area (Å²) in [6.07, 6.45) is 13.2. The second-order valence-electron chi connectivity index (χ2n) is 10.5. The van der Waals surface area contributed by atoms with Crippen LogP contribution in [0.5, 0.6) is 5.75 Å². The molecule has 0 atom stereocenters. The number of benzene rings is 1. The molecule has 0 amide bonds. The van der Waals surface area contributed by atoms with E-state index in [9.17, 15) is 24.9 Å². The Balaban J connectivity index is 2.01. The zero-order valence-corrected chi connectivity index (χ0v) is 24.5. The highest BCUT2D eigenvalue weighted by molar-refractivity contribution is 6.63. The van der Waals surface area contributed by atoms with E-state index in [-0.39, 0.29) is 33.8 Å². The van der Waals surface area contributed by atoms with Crippen LogP contribution in [0.25, 0.3) is 5.57 Å². The number of aliphatic hydroxyl groups is 2. The quantitative estimate of drug-likeness (QED) is 0.138. The molecule has 0 saturated heterocycles. The second-order valence-corrected chi connectivity index (χ2v) is 10.5. The molecule has 0 spiro atoms. The predicted molar refractivity (Wildman–Crippen MR) is 161 cm³/mol. The van der Waals surface area contributed by atoms with Crippen LogP contribution in [-0.4, -0.2) is 63.4 Å². The number of Topliss-reactive ketones (excluding diaryl/α,β-unsaturated/α-hetero) is 2. The summed E-state index contributed by atoms with van der Waals surface area (Å²) in [5.74, 6) is -2.69. The number of aromatic hydroxyl groups is 1. The molecule has 7 nitrogen and oxygen atoms in total. The Hall–Kier alpha value is -3.61. The van der Waals surface area contributed by atoms with E-state index in [4.69, 9.17) is 0 Å². The minimum Gasteiger partial charge on any atom is -0.507 e. The minimum atomic E-state index is -0.902. The van der Waals surface area contributed by atoms with E-state index in [1.54, 1.807) is 24.3 Å². The average molecular weight is 550 g/mol. The normalized spacial score (nSPS) is 17.2. The molecule has 3 N–H and O–H groups in total. The van der Waals surface area contributed by atoms with Gasteiger partial charge in [-0.2, -0.15) is 0 Å². The fraction of sp³-hybridized carbons (Fsp3) is 0.485. The van der Waals surface area contributed by atoms with Crippen LogP contribution in [0.3, 0.4) is 0 Å². The Morgan fingerprint density at radius 3 is 1.85 bits per heavy atom. The van der Waals surface area contributed by atoms with Crippen molar-refractivity contribution < 1.29 is 29.5 Å². The van der Waals surface area contributed by atoms with Gasteiger partial charge in [0.25, 0.3) is 0 Å². The van der Waals surface area contributed by atoms with Crippen molar-refractivity contribution in [1.29, 1.82) is 0 Å². The lowest BCUT2D eigenvalue weighted by Gasteiger charge is -2.25. The lowest BCUT2D eigenvalue weighted by atomic mass is 9.98. The molecule has 0 radical (unpaired) electrons. The summed E-state index contributed by atoms with van der Waals surface area (Å²) in [6, 6.07) is 4.98. The van der Waals surface area contributed by atoms with E-state index in [0.717, 1.165) is 88.9 Å². The molecule has 7 heteroatoms. The lowest BCUT2D eigenvalue weighted by molar-refractivity contribution is -0.527. The highest BCUT2D eigenvalue weighted by Crippen LogP contribution is 2.40. The summed E-state index contributed by atoms with van der Waals surface area (Å²) in [5.41, 5.74) is 1.37. The zero-order chi connectivity index (χ0) is 29.2. The van der Waals surface area contributed by atoms with Crippen molar-refractivity contribution in [3.63, 3.8) is 0 Å². The van der Waals surface area contributed by atoms with E-state index in [1.807, 2.05) is 12.1 Å². The monoisotopic (exact) mass is 549 g/mol. The molecule has 0 unspecified atom stereocenters. The number of carbonyl (C=O) groups excluding carboxylic acids is 2. The van der Waals surface area contributed by atoms with Crippen LogP contribution in [0.4, 0.5) is 5.69 Å². The minimum absolute atomic E-state index is 0.0990. The van der Waals surface area contributed by atoms with Crippen molar-refractivity contribution in [1.82, 2.24) is 0 Å². The molecular weight excluding hydrogens is 504 g/mol. The third kappa shape index (κ3) is 6.93. The van der Waals surface area contributed by atoms with Crippen molar-refractivity contribution in [2.75, 3.05) is 31.1 Å². The summed E-state index contributed by atoms with van der Waals surface area (Å²) in [7, 11) is 0. The standard InChI is InChI=1S/C33H44N2O5/c1-5-9-17-34(18-10-6-2)23-13-15-25(27(36)21-23)29-31(38)30(33(40)32(29)39)26-16-14-24(22-28(26)37)35(19-11-7-3)20-12-8-4/h13-16,21-22H,5-12,17-20H2,1-4H3,(H2,36,37,38,39,40)/p+1. The number of rotatable bonds is 14. The van der Waals surface area contributed by atoms with Gasteiger partial charge in [-0.25, -0.2) is 4.58 Å². The van der Waals surface area contributed by atoms with E-state index >= 15 is 0 Å². The molecule has 216 valence electrons. The van der Waals surface area contributed by atoms with Gasteiger partial charge in [-0.3, -0.25) is 9.59 Å². The Kier molecular flexibility index (Phi) is 11.4. The third-order valence-corrected chi connectivity index (χ3v) is 7.49. The number of hydrogen-bond acceptors (Lipinski definition) is 6. The number of nitrogens with zero attached hydrogens (tertiary/aromatic N) is 2. The molecule has 2 aliphatic carbocycles. The van der Waals surface area contributed by atoms with Crippen LogP contribution >= 0.6 is 0 Å². The fourth-order valence-electron chi connectivity index (χ4n) is 5.06. The molecule has 3 rings (SSSR count). The summed E-state index contributed by atoms with van der Waals surface area (Å²) < 4.78 is 2.20. The summed E-state index contributed by atoms with van der Waals surface area (Å²) in [4.78, 5) is 28.4. The zero-order valence-electron chi connectivity index (χ0n) is 24.5. The molecule has 0 bridgehead atoms. The fourth-order valence-corrected chi connectivity index (χ4v) is 5.06. The molecular formula is C33H45N2O5+. The first-order chi connectivity index (χ1) is 19.3. The van der Waals surface area contributed by atoms with Crippen LogP contribution in [0.2, 0.25) is 0 Å². The van der Waals surface area contributed by atoms with Crippen molar-refractivity contribution in [2.45, 2.75) is 79.1 Å². The number of hydrogen-bond donors (Lipinski definition) is 3. The lowest BCUT2D eigenvalue weighted by Crippen LogP contribution is -2.25. The molecule has 0 fully saturated rings. The van der Waals surface area contributed by atoms with Gasteiger partial charge in [-0.15, -0.1) is 0 Å². The summed E-state index contributed by atoms with van der Waals surface area (Å²) in [5, 5.41) is 33.0. The van der Waals surface area contributed by atoms with E-state index < -0.39 is 17.3 Å². The highest BCUT2D eigenvalue weighted by Gasteiger charge is 2.41. The summed E-state index contributed by atoms with van der Waals surface area (Å²) in [6.45, 7) is 11.9. The first-order valence-corrected chi connectivity index (χ1v) is 14.8. The second kappa shape index (κ2) is 14.7. The maximum atomic E-state index is 13.1. The molecule has 40 heavy (non-hydrogen) atoms. The van der Waals surface area contributed by atoms with Gasteiger partial charge in [-0.1, -0.05) is 53.4 Å². The largest absolute Gasteiger partial charge is 0.507 e. The maximum absolute atomic E-state index is 13.1. The Morgan fingerprint density at radius 1 is 0.750 bits per heavy atom. The summed E-state index contributed by atoms with van der Waals surface area (Å²) >= 11 is 0. The highest BCUT2D eigenvalue weighted by atomic mass is 16.3. The molecule has 0 aromatic heterocycles. The number of phenols is 1. The maximum Gasteiger partial charge on any atom is 0.238 e. The first kappa shape index (κ1) is 30.9. The average Bonchev–Trinajstić information content (AvgIpc) is 3.16. The van der Waals surface area contributed by atoms with Crippen LogP contribution in [0, 0.1) is 0 Å². The van der Waals surface area contributed by atoms with Gasteiger partial charge in [0.15, 0.2) is 0 Å². The van der Waals surface area contributed by atoms with Crippen molar-refractivity contribution in [2.24, 2.45) is 0 Å². The van der Waals surface area contributed by atoms with Crippen molar-refractivity contribution in [3.8, 4) is 5.75 Å². The topological polar surface area (TPSA) is 101 Å². The number of allylic oxidation sites excluding steroid dienone is 5. The van der Waals surface area contributed by atoms with Gasteiger partial charge in [0.1, 0.15) is 30.4 Å². The van der Waals surface area contributed by atoms with E-state index in [1.165, 1.54) is 0 Å². The van der Waals surface area contributed by atoms with Gasteiger partial charge >= 0.3 is 0 Å². The van der Waals surface area contributed by atoms with Gasteiger partial charge in [0.05, 0.1) is 17.2 Å². The van der Waals surface area contributed by atoms with Gasteiger partial charge in [-0.05, 0) is 31.1 Å². The van der Waals surface area contributed by atoms with Crippen LogP contribution in [0.15, 0.2) is 59.1 Å². The van der Waals surface area contributed by atoms with Crippen LogP contribution in [0.1, 0.15) is 84.6 Å². The number of ketones is 2. The molecule has 0 aliphatic heterocycles. The molecule has 1 aromatic carbocycles. The Bertz CT molecular complexity index is 1250. The van der Waals surface area contributed by atoms with E-state index in [2.05, 4.69) is 37.2 Å². The number of anilines is 1. The SMILES string of the molecule is CCCCN(CCCC)c1ccc(C2=C(O)/C(=C3\C=CC(=[N+](CCCC)CCCC)C=C3O)C(=O)C2=O)c(O)c1. The van der Waals surface area contributed by atoms with Crippen molar-refractivity contribution >= 4 is 28.5 Å². The Morgan fingerprint density at radius 2 is 1.32 bits per heavy atom. The number of unbranched alkanes of at least 4 members (excludes halogenated alkanes) is 4.